The van der Waals surface area contributed by atoms with E-state index in [2.05, 4.69) is 10.2 Å². The Morgan fingerprint density at radius 1 is 1.11 bits per heavy atom. The van der Waals surface area contributed by atoms with Crippen molar-refractivity contribution in [3.05, 3.63) is 76.4 Å². The first-order valence-electron chi connectivity index (χ1n) is 16.2. The fraction of sp³-hybridized carbons (Fsp3) is 0.543. The fourth-order valence-corrected chi connectivity index (χ4v) is 7.85. The summed E-state index contributed by atoms with van der Waals surface area (Å²) < 4.78 is 57.4. The van der Waals surface area contributed by atoms with Crippen LogP contribution in [-0.4, -0.2) is 55.0 Å². The number of benzene rings is 2. The van der Waals surface area contributed by atoms with Gasteiger partial charge in [-0.2, -0.15) is 13.2 Å². The summed E-state index contributed by atoms with van der Waals surface area (Å²) in [7, 11) is 1.89. The maximum absolute atomic E-state index is 14.6. The van der Waals surface area contributed by atoms with Gasteiger partial charge in [0.05, 0.1) is 29.7 Å². The zero-order chi connectivity index (χ0) is 33.6. The van der Waals surface area contributed by atoms with E-state index in [0.29, 0.717) is 25.1 Å². The number of hydrogen-bond donors (Lipinski definition) is 0. The fourth-order valence-electron chi connectivity index (χ4n) is 7.85. The molecule has 0 bridgehead atoms. The predicted octanol–water partition coefficient (Wildman–Crippen LogP) is 6.91. The number of aryl methyl sites for hydroxylation is 1. The van der Waals surface area contributed by atoms with Gasteiger partial charge in [0, 0.05) is 30.4 Å². The second kappa shape index (κ2) is 10.5. The second-order valence-corrected chi connectivity index (χ2v) is 15.0. The van der Waals surface area contributed by atoms with Crippen molar-refractivity contribution < 1.29 is 32.2 Å². The number of anilines is 1. The highest BCUT2D eigenvalue weighted by Crippen LogP contribution is 2.60. The largest absolute Gasteiger partial charge is 0.444 e. The van der Waals surface area contributed by atoms with Crippen molar-refractivity contribution in [2.24, 2.45) is 7.05 Å². The summed E-state index contributed by atoms with van der Waals surface area (Å²) in [4.78, 5) is 30.2. The summed E-state index contributed by atoms with van der Waals surface area (Å²) >= 11 is 0. The number of halogens is 3. The number of rotatable bonds is 6. The molecule has 2 aromatic carbocycles. The van der Waals surface area contributed by atoms with Crippen molar-refractivity contribution in [3.63, 3.8) is 0 Å². The molecule has 2 aliphatic heterocycles. The average Bonchev–Trinajstić information content (AvgIpc) is 3.50. The maximum atomic E-state index is 14.6. The van der Waals surface area contributed by atoms with E-state index in [1.807, 2.05) is 36.7 Å². The Morgan fingerprint density at radius 3 is 2.38 bits per heavy atom. The summed E-state index contributed by atoms with van der Waals surface area (Å²) in [5, 5.41) is 8.54. The van der Waals surface area contributed by atoms with E-state index in [4.69, 9.17) is 9.47 Å². The maximum Gasteiger partial charge on any atom is 0.416 e. The minimum Gasteiger partial charge on any atom is -0.444 e. The van der Waals surface area contributed by atoms with Crippen LogP contribution >= 0.6 is 0 Å². The van der Waals surface area contributed by atoms with E-state index in [1.54, 1.807) is 33.2 Å². The molecule has 2 amide bonds. The van der Waals surface area contributed by atoms with Crippen LogP contribution in [0.1, 0.15) is 105 Å². The van der Waals surface area contributed by atoms with Gasteiger partial charge in [-0.15, -0.1) is 10.2 Å². The number of carbonyl (C=O) groups is 2. The van der Waals surface area contributed by atoms with Crippen LogP contribution in [0.15, 0.2) is 42.7 Å². The van der Waals surface area contributed by atoms with Crippen LogP contribution < -0.4 is 4.90 Å². The standard InChI is InChI=1S/C35H40F3N5O4/c1-31(2,3)47-30(45)43(32(4)10-7-11-32)17-22-14-25-26(27(15-22)35(36,37)38)18-42(28(25)44)24-9-6-8-23(16-24)34(29-40-39-21-41(29)5)19-33(20-34)12-13-46-33/h6,8-9,14-16,21H,7,10-13,17-20H2,1-5H3. The third-order valence-electron chi connectivity index (χ3n) is 10.5. The molecular formula is C35H40F3N5O4. The molecule has 3 aromatic rings. The minimum absolute atomic E-state index is 0.00314. The molecular weight excluding hydrogens is 611 g/mol. The predicted molar refractivity (Wildman–Crippen MR) is 167 cm³/mol. The van der Waals surface area contributed by atoms with Gasteiger partial charge in [0.2, 0.25) is 0 Å². The van der Waals surface area contributed by atoms with E-state index in [-0.39, 0.29) is 35.4 Å². The van der Waals surface area contributed by atoms with E-state index in [0.717, 1.165) is 43.1 Å². The van der Waals surface area contributed by atoms with Gasteiger partial charge in [-0.25, -0.2) is 4.79 Å². The zero-order valence-electron chi connectivity index (χ0n) is 27.4. The molecule has 0 radical (unpaired) electrons. The van der Waals surface area contributed by atoms with Crippen molar-refractivity contribution in [1.29, 1.82) is 0 Å². The molecule has 2 saturated carbocycles. The summed E-state index contributed by atoms with van der Waals surface area (Å²) in [5.41, 5.74) is -1.29. The van der Waals surface area contributed by atoms with Crippen LogP contribution in [0.5, 0.6) is 0 Å². The Balaban J connectivity index is 1.23. The second-order valence-electron chi connectivity index (χ2n) is 15.0. The summed E-state index contributed by atoms with van der Waals surface area (Å²) in [5.74, 6) is 0.272. The van der Waals surface area contributed by atoms with Crippen molar-refractivity contribution >= 4 is 17.7 Å². The molecule has 9 nitrogen and oxygen atoms in total. The Bertz CT molecular complexity index is 1740. The van der Waals surface area contributed by atoms with Crippen LogP contribution in [0.3, 0.4) is 0 Å². The van der Waals surface area contributed by atoms with Gasteiger partial charge in [0.15, 0.2) is 0 Å². The Morgan fingerprint density at radius 2 is 1.83 bits per heavy atom. The van der Waals surface area contributed by atoms with Crippen molar-refractivity contribution in [1.82, 2.24) is 19.7 Å². The number of fused-ring (bicyclic) bond motifs is 1. The highest BCUT2D eigenvalue weighted by molar-refractivity contribution is 6.10. The molecule has 3 heterocycles. The van der Waals surface area contributed by atoms with Gasteiger partial charge < -0.3 is 18.9 Å². The molecule has 0 atom stereocenters. The smallest absolute Gasteiger partial charge is 0.416 e. The van der Waals surface area contributed by atoms with Crippen molar-refractivity contribution in [2.75, 3.05) is 11.5 Å². The van der Waals surface area contributed by atoms with Crippen molar-refractivity contribution in [3.8, 4) is 0 Å². The Kier molecular flexibility index (Phi) is 7.10. The Hall–Kier alpha value is -3.93. The number of hydrogen-bond acceptors (Lipinski definition) is 6. The number of amides is 2. The molecule has 1 aromatic heterocycles. The van der Waals surface area contributed by atoms with Gasteiger partial charge in [0.25, 0.3) is 5.91 Å². The topological polar surface area (TPSA) is 89.8 Å². The lowest BCUT2D eigenvalue weighted by molar-refractivity contribution is -0.216. The lowest BCUT2D eigenvalue weighted by atomic mass is 9.53. The summed E-state index contributed by atoms with van der Waals surface area (Å²) in [6.07, 6.45) is 1.09. The van der Waals surface area contributed by atoms with Gasteiger partial charge in [-0.3, -0.25) is 9.69 Å². The molecule has 47 heavy (non-hydrogen) atoms. The normalized spacial score (nSPS) is 24.8. The first-order chi connectivity index (χ1) is 22.0. The molecule has 1 saturated heterocycles. The van der Waals surface area contributed by atoms with Gasteiger partial charge in [-0.05, 0) is 107 Å². The quantitative estimate of drug-likeness (QED) is 0.288. The summed E-state index contributed by atoms with van der Waals surface area (Å²) in [6, 6.07) is 10.0. The SMILES string of the molecule is Cn1cnnc1C1(c2cccc(N3Cc4c(cc(CN(C(=O)OC(C)(C)C)C5(C)CCC5)cc4C(F)(F)F)C3=O)c2)CC2(CCO2)C1. The highest BCUT2D eigenvalue weighted by atomic mass is 19.4. The lowest BCUT2D eigenvalue weighted by Gasteiger charge is -2.59. The van der Waals surface area contributed by atoms with E-state index >= 15 is 0 Å². The van der Waals surface area contributed by atoms with Crippen LogP contribution in [0.2, 0.25) is 0 Å². The highest BCUT2D eigenvalue weighted by Gasteiger charge is 2.62. The lowest BCUT2D eigenvalue weighted by Crippen LogP contribution is -2.62. The first-order valence-corrected chi connectivity index (χ1v) is 16.2. The number of nitrogens with zero attached hydrogens (tertiary/aromatic N) is 5. The van der Waals surface area contributed by atoms with Crippen molar-refractivity contribution in [2.45, 2.75) is 108 Å². The molecule has 7 rings (SSSR count). The number of carbonyl (C=O) groups excluding carboxylic acids is 2. The van der Waals surface area contributed by atoms with Crippen LogP contribution in [0, 0.1) is 0 Å². The molecule has 1 spiro atoms. The van der Waals surface area contributed by atoms with E-state index < -0.39 is 40.3 Å². The van der Waals surface area contributed by atoms with Crippen LogP contribution in [-0.2, 0) is 41.2 Å². The summed E-state index contributed by atoms with van der Waals surface area (Å²) in [6.45, 7) is 7.58. The average molecular weight is 652 g/mol. The molecule has 0 N–H and O–H groups in total. The first kappa shape index (κ1) is 31.7. The van der Waals surface area contributed by atoms with Gasteiger partial charge in [0.1, 0.15) is 17.8 Å². The van der Waals surface area contributed by atoms with E-state index in [9.17, 15) is 22.8 Å². The molecule has 0 unspecified atom stereocenters. The third-order valence-corrected chi connectivity index (χ3v) is 10.5. The molecule has 12 heteroatoms. The zero-order valence-corrected chi connectivity index (χ0v) is 27.4. The minimum atomic E-state index is -4.70. The Labute approximate surface area is 272 Å². The molecule has 250 valence electrons. The molecule has 2 aliphatic carbocycles. The van der Waals surface area contributed by atoms with Crippen LogP contribution in [0.25, 0.3) is 0 Å². The van der Waals surface area contributed by atoms with Gasteiger partial charge >= 0.3 is 12.3 Å². The number of aromatic nitrogens is 3. The molecule has 4 aliphatic rings. The monoisotopic (exact) mass is 651 g/mol. The van der Waals surface area contributed by atoms with Crippen LogP contribution in [0.4, 0.5) is 23.7 Å². The van der Waals surface area contributed by atoms with E-state index in [1.165, 1.54) is 15.9 Å². The third kappa shape index (κ3) is 5.28. The van der Waals surface area contributed by atoms with Gasteiger partial charge in [-0.1, -0.05) is 12.1 Å². The molecule has 3 fully saturated rings. The number of alkyl halides is 3. The number of ether oxygens (including phenoxy) is 2.